The van der Waals surface area contributed by atoms with Crippen LogP contribution in [-0.4, -0.2) is 51.1 Å². The van der Waals surface area contributed by atoms with Crippen LogP contribution in [0.3, 0.4) is 0 Å². The van der Waals surface area contributed by atoms with E-state index < -0.39 is 9.84 Å². The first-order valence-corrected chi connectivity index (χ1v) is 13.0. The van der Waals surface area contributed by atoms with E-state index in [2.05, 4.69) is 12.0 Å². The number of carbonyl (C=O) groups is 1. The number of carbonyl (C=O) groups excluding carboxylic acids is 1. The summed E-state index contributed by atoms with van der Waals surface area (Å²) >= 11 is 0. The topological polar surface area (TPSA) is 80.5 Å². The zero-order valence-corrected chi connectivity index (χ0v) is 19.5. The second-order valence-electron chi connectivity index (χ2n) is 8.23. The van der Waals surface area contributed by atoms with Gasteiger partial charge in [0.2, 0.25) is 0 Å². The van der Waals surface area contributed by atoms with Gasteiger partial charge >= 0.3 is 7.51 Å². The highest BCUT2D eigenvalue weighted by atomic mass is 32.2. The third-order valence-corrected chi connectivity index (χ3v) is 6.95. The number of rotatable bonds is 8. The Labute approximate surface area is 187 Å². The number of sulfone groups is 1. The molecule has 31 heavy (non-hydrogen) atoms. The molecule has 1 atom stereocenters. The number of ether oxygens (including phenoxy) is 1. The maximum absolute atomic E-state index is 12.2. The summed E-state index contributed by atoms with van der Waals surface area (Å²) in [6.45, 7) is 6.21. The molecule has 7 nitrogen and oxygen atoms in total. The molecule has 3 rings (SSSR count). The summed E-state index contributed by atoms with van der Waals surface area (Å²) in [6, 6.07) is 6.66. The van der Waals surface area contributed by atoms with Gasteiger partial charge < -0.3 is 9.64 Å². The smallest absolute Gasteiger partial charge is 0.409 e. The van der Waals surface area contributed by atoms with Crippen molar-refractivity contribution in [1.29, 1.82) is 0 Å². The van der Waals surface area contributed by atoms with Gasteiger partial charge in [0.25, 0.3) is 0 Å². The van der Waals surface area contributed by atoms with Crippen molar-refractivity contribution in [3.05, 3.63) is 41.6 Å². The van der Waals surface area contributed by atoms with Crippen LogP contribution in [0.25, 0.3) is 0 Å². The molecule has 1 amide bonds. The number of likely N-dealkylation sites (tertiary alicyclic amines) is 1. The van der Waals surface area contributed by atoms with Gasteiger partial charge in [-0.1, -0.05) is 37.5 Å². The number of allylic oxidation sites excluding steroid dienone is 1. The number of amides is 1. The van der Waals surface area contributed by atoms with Crippen LogP contribution in [0.5, 0.6) is 0 Å². The van der Waals surface area contributed by atoms with Crippen LogP contribution in [0.15, 0.2) is 46.0 Å². The third-order valence-electron chi connectivity index (χ3n) is 5.82. The molecule has 1 N–H and O–H groups in total. The van der Waals surface area contributed by atoms with E-state index >= 15 is 0 Å². The maximum Gasteiger partial charge on any atom is 0.409 e. The van der Waals surface area contributed by atoms with Crippen molar-refractivity contribution in [3.63, 3.8) is 0 Å². The predicted molar refractivity (Wildman–Crippen MR) is 121 cm³/mol. The first-order valence-electron chi connectivity index (χ1n) is 11.5. The van der Waals surface area contributed by atoms with E-state index in [9.17, 15) is 13.2 Å². The second kappa shape index (κ2) is 10.4. The Hall–Kier alpha value is -2.19. The van der Waals surface area contributed by atoms with Gasteiger partial charge in [0.1, 0.15) is 18.5 Å². The van der Waals surface area contributed by atoms with Crippen LogP contribution in [0.2, 0.25) is 1.41 Å². The normalized spacial score (nSPS) is 22.7. The molecule has 0 aromatic heterocycles. The molecule has 8 heteroatoms. The summed E-state index contributed by atoms with van der Waals surface area (Å²) in [6.07, 6.45) is 7.14. The van der Waals surface area contributed by atoms with Gasteiger partial charge in [-0.3, -0.25) is 0 Å². The number of nitrogens with zero attached hydrogens (tertiary/aromatic N) is 2. The summed E-state index contributed by atoms with van der Waals surface area (Å²) in [7, 11) is -3.24. The summed E-state index contributed by atoms with van der Waals surface area (Å²) in [5.74, 6) is 0.270. The molecule has 0 bridgehead atoms. The summed E-state index contributed by atoms with van der Waals surface area (Å²) in [5.41, 5.74) is 2.90. The van der Waals surface area contributed by atoms with Gasteiger partial charge in [-0.05, 0) is 43.7 Å². The van der Waals surface area contributed by atoms with E-state index in [1.165, 1.54) is 6.26 Å². The van der Waals surface area contributed by atoms with E-state index in [-0.39, 0.29) is 21.9 Å². The van der Waals surface area contributed by atoms with Crippen LogP contribution >= 0.6 is 0 Å². The van der Waals surface area contributed by atoms with Gasteiger partial charge in [0.15, 0.2) is 9.84 Å². The van der Waals surface area contributed by atoms with Gasteiger partial charge in [-0.15, -0.1) is 0 Å². The van der Waals surface area contributed by atoms with Crippen molar-refractivity contribution in [2.75, 3.05) is 26.0 Å². The molecule has 170 valence electrons. The van der Waals surface area contributed by atoms with E-state index in [0.29, 0.717) is 26.2 Å². The van der Waals surface area contributed by atoms with E-state index in [1.54, 1.807) is 29.2 Å². The van der Waals surface area contributed by atoms with Gasteiger partial charge in [-0.2, -0.15) is 5.00 Å². The molecule has 0 saturated carbocycles. The lowest BCUT2D eigenvalue weighted by Gasteiger charge is -2.31. The Kier molecular flexibility index (Phi) is 7.40. The number of hydrogen-bond donors (Lipinski definition) is 1. The number of quaternary nitrogens is 1. The van der Waals surface area contributed by atoms with Crippen molar-refractivity contribution in [2.45, 2.75) is 57.4 Å². The lowest BCUT2D eigenvalue weighted by molar-refractivity contribution is -0.866. The van der Waals surface area contributed by atoms with Crippen molar-refractivity contribution in [2.24, 2.45) is 11.0 Å². The lowest BCUT2D eigenvalue weighted by Crippen LogP contribution is -3.00. The van der Waals surface area contributed by atoms with Gasteiger partial charge in [-0.25, -0.2) is 13.2 Å². The molecule has 0 aliphatic carbocycles. The van der Waals surface area contributed by atoms with Crippen molar-refractivity contribution in [3.8, 4) is 0 Å². The largest absolute Gasteiger partial charge is 0.449 e. The number of nitrogens with one attached hydrogen (secondary N) is 1. The van der Waals surface area contributed by atoms with Crippen LogP contribution in [0.1, 0.15) is 51.5 Å². The molecule has 1 saturated heterocycles. The minimum Gasteiger partial charge on any atom is -0.449 e. The second-order valence-corrected chi connectivity index (χ2v) is 10.2. The number of benzene rings is 1. The average molecular weight is 451 g/mol. The zero-order valence-electron chi connectivity index (χ0n) is 19.7. The van der Waals surface area contributed by atoms with Crippen molar-refractivity contribution < 1.29 is 24.4 Å². The molecule has 0 spiro atoms. The highest BCUT2D eigenvalue weighted by molar-refractivity contribution is 7.90. The van der Waals surface area contributed by atoms with Gasteiger partial charge in [0.05, 0.1) is 11.5 Å². The maximum atomic E-state index is 12.2. The molecule has 2 aliphatic heterocycles. The number of piperidine rings is 1. The number of unbranched alkanes of at least 4 members (excludes halogenated alkanes) is 1. The minimum atomic E-state index is -3.24. The van der Waals surface area contributed by atoms with E-state index in [0.717, 1.165) is 49.0 Å². The Balaban J connectivity index is 1.65. The quantitative estimate of drug-likeness (QED) is 0.618. The summed E-state index contributed by atoms with van der Waals surface area (Å²) in [5, 5.41) is 4.35. The average Bonchev–Trinajstić information content (AvgIpc) is 3.10. The SMILES string of the molecule is [3H][N+]1(Cc2ccc(S(C)(=O)=O)cc2)C=C(C2CCN(C(=O)OCCCC)CC2)C(CC)=N1. The summed E-state index contributed by atoms with van der Waals surface area (Å²) in [4.78, 5) is 14.3. The fourth-order valence-corrected chi connectivity index (χ4v) is 4.60. The highest BCUT2D eigenvalue weighted by Crippen LogP contribution is 2.27. The fraction of sp³-hybridized carbons (Fsp3) is 0.565. The van der Waals surface area contributed by atoms with Gasteiger partial charge in [0, 0.05) is 30.5 Å². The molecular weight excluding hydrogens is 414 g/mol. The Morgan fingerprint density at radius 2 is 1.94 bits per heavy atom. The predicted octanol–water partition coefficient (Wildman–Crippen LogP) is 2.79. The van der Waals surface area contributed by atoms with Crippen molar-refractivity contribution in [1.82, 2.24) is 4.90 Å². The summed E-state index contributed by atoms with van der Waals surface area (Å²) < 4.78 is 37.5. The molecule has 1 fully saturated rings. The fourth-order valence-electron chi connectivity index (χ4n) is 3.97. The minimum absolute atomic E-state index is 0.232. The molecule has 2 heterocycles. The molecule has 1 aromatic rings. The molecule has 1 aromatic carbocycles. The van der Waals surface area contributed by atoms with Crippen LogP contribution < -0.4 is 5.00 Å². The Morgan fingerprint density at radius 1 is 1.26 bits per heavy atom. The van der Waals surface area contributed by atoms with Crippen LogP contribution in [-0.2, 0) is 21.1 Å². The lowest BCUT2D eigenvalue weighted by atomic mass is 9.86. The van der Waals surface area contributed by atoms with Crippen molar-refractivity contribution >= 4 is 21.6 Å². The van der Waals surface area contributed by atoms with Crippen LogP contribution in [0, 0.1) is 5.92 Å². The van der Waals surface area contributed by atoms with E-state index in [4.69, 9.17) is 6.15 Å². The Morgan fingerprint density at radius 3 is 2.52 bits per heavy atom. The molecule has 2 aliphatic rings. The first-order chi connectivity index (χ1) is 15.1. The molecular formula is C23H34N3O4S+. The monoisotopic (exact) mass is 450 g/mol. The number of hydrogen-bond acceptors (Lipinski definition) is 5. The molecule has 0 radical (unpaired) electrons. The van der Waals surface area contributed by atoms with Crippen LogP contribution in [0.4, 0.5) is 4.79 Å². The Bertz CT molecular complexity index is 983. The third kappa shape index (κ3) is 6.17. The highest BCUT2D eigenvalue weighted by Gasteiger charge is 2.32. The van der Waals surface area contributed by atoms with E-state index in [1.807, 2.05) is 13.1 Å². The zero-order chi connectivity index (χ0) is 23.4. The first kappa shape index (κ1) is 22.0. The molecule has 1 unspecified atom stereocenters. The standard InChI is InChI=1S/C23H33N3O4S/c1-4-6-15-30-23(27)25-13-11-19(12-14-25)21-17-26(24-22(21)5-2)16-18-7-9-20(10-8-18)31(3,28)29/h7-10,17,19H,4-6,11-16H2,1-3H3/p+1/i/hT.